The summed E-state index contributed by atoms with van der Waals surface area (Å²) in [4.78, 5) is 0. The van der Waals surface area contributed by atoms with Crippen LogP contribution in [0.25, 0.3) is 116 Å². The van der Waals surface area contributed by atoms with Crippen molar-refractivity contribution in [1.29, 1.82) is 0 Å². The van der Waals surface area contributed by atoms with Gasteiger partial charge in [-0.25, -0.2) is 0 Å². The molecule has 0 saturated heterocycles. The highest BCUT2D eigenvalue weighted by Crippen LogP contribution is 2.42. The van der Waals surface area contributed by atoms with E-state index in [4.69, 9.17) is 0 Å². The van der Waals surface area contributed by atoms with Crippen LogP contribution in [0.15, 0.2) is 194 Å². The van der Waals surface area contributed by atoms with Crippen molar-refractivity contribution in [3.8, 4) is 50.4 Å². The molecule has 0 saturated carbocycles. The van der Waals surface area contributed by atoms with Crippen molar-refractivity contribution < 1.29 is 0 Å². The third-order valence-electron chi connectivity index (χ3n) is 16.0. The summed E-state index contributed by atoms with van der Waals surface area (Å²) < 4.78 is 7.52. The molecular weight excluding hydrogens is 838 g/mol. The molecule has 0 spiro atoms. The van der Waals surface area contributed by atoms with E-state index in [0.29, 0.717) is 0 Å². The fourth-order valence-electron chi connectivity index (χ4n) is 12.2. The number of para-hydroxylation sites is 3. The average molecular weight is 885 g/mol. The number of hydrogen-bond acceptors (Lipinski definition) is 0. The molecule has 10 heteroatoms. The van der Waals surface area contributed by atoms with Gasteiger partial charge in [0, 0.05) is 54.9 Å². The van der Waals surface area contributed by atoms with Crippen LogP contribution in [-0.2, 0) is 0 Å². The van der Waals surface area contributed by atoms with E-state index < -0.39 is 0 Å². The number of hydrogen-bond donors (Lipinski definition) is 0. The molecule has 0 fully saturated rings. The van der Waals surface area contributed by atoms with Gasteiger partial charge in [0.15, 0.2) is 0 Å². The summed E-state index contributed by atoms with van der Waals surface area (Å²) in [6.07, 6.45) is 0. The van der Waals surface area contributed by atoms with Crippen molar-refractivity contribution >= 4 is 159 Å². The molecule has 0 atom stereocenters. The maximum absolute atomic E-state index is 2.62. The second-order valence-electron chi connectivity index (χ2n) is 19.4. The van der Waals surface area contributed by atoms with Crippen molar-refractivity contribution in [2.24, 2.45) is 0 Å². The van der Waals surface area contributed by atoms with E-state index in [1.807, 2.05) is 0 Å². The number of rotatable bonds is 6. The van der Waals surface area contributed by atoms with Gasteiger partial charge in [-0.05, 0) is 93.9 Å². The zero-order valence-electron chi connectivity index (χ0n) is 40.8. The zero-order valence-corrected chi connectivity index (χ0v) is 40.8. The lowest BCUT2D eigenvalue weighted by molar-refractivity contribution is 1.17. The predicted octanol–water partition coefficient (Wildman–Crippen LogP) is 3.79. The van der Waals surface area contributed by atoms with Gasteiger partial charge < -0.3 is 13.7 Å². The summed E-state index contributed by atoms with van der Waals surface area (Å²) in [5, 5.41) is 7.71. The number of nitrogens with zero attached hydrogens (tertiary/aromatic N) is 3. The van der Waals surface area contributed by atoms with E-state index in [2.05, 4.69) is 263 Å². The number of aromatic nitrogens is 3. The Bertz CT molecular complexity index is 4310. The summed E-state index contributed by atoms with van der Waals surface area (Å²) >= 11 is 0. The van der Waals surface area contributed by atoms with Crippen LogP contribution in [-0.4, -0.2) is 68.6 Å². The van der Waals surface area contributed by atoms with Gasteiger partial charge in [-0.1, -0.05) is 166 Å². The SMILES string of the molecule is Bc1c(B)c(B)c2c(c1B)c1c(B)c(-c3ccc4c(c3)c3c(-c5ccccc5)cccc3n4-c3ccccc3)c(B)c(B)c1n2-c1ccc2c(c1)c1ccccc1n2-c1ccccc1-c1ccccc1. The Morgan fingerprint density at radius 1 is 0.271 bits per heavy atom. The second kappa shape index (κ2) is 16.1. The Hall–Kier alpha value is -7.95. The van der Waals surface area contributed by atoms with Crippen LogP contribution >= 0.6 is 0 Å². The van der Waals surface area contributed by atoms with E-state index in [1.54, 1.807) is 0 Å². The smallest absolute Gasteiger partial charge is 0.141 e. The van der Waals surface area contributed by atoms with Crippen molar-refractivity contribution in [3.63, 3.8) is 0 Å². The summed E-state index contributed by atoms with van der Waals surface area (Å²) in [7, 11) is 16.4. The van der Waals surface area contributed by atoms with Crippen molar-refractivity contribution in [2.75, 3.05) is 0 Å². The summed E-state index contributed by atoms with van der Waals surface area (Å²) in [5.74, 6) is 0. The Labute approximate surface area is 414 Å². The monoisotopic (exact) mass is 885 g/mol. The van der Waals surface area contributed by atoms with Crippen LogP contribution in [0, 0.1) is 0 Å². The maximum atomic E-state index is 2.62. The molecule has 322 valence electrons. The highest BCUT2D eigenvalue weighted by Gasteiger charge is 2.26. The molecule has 13 rings (SSSR count). The Balaban J connectivity index is 1.09. The van der Waals surface area contributed by atoms with Crippen LogP contribution in [0.4, 0.5) is 0 Å². The van der Waals surface area contributed by atoms with Crippen molar-refractivity contribution in [2.45, 2.75) is 0 Å². The summed E-state index contributed by atoms with van der Waals surface area (Å²) in [6.45, 7) is 0. The molecule has 0 aliphatic rings. The van der Waals surface area contributed by atoms with Crippen molar-refractivity contribution in [1.82, 2.24) is 13.7 Å². The van der Waals surface area contributed by atoms with Crippen molar-refractivity contribution in [3.05, 3.63) is 194 Å². The van der Waals surface area contributed by atoms with Gasteiger partial charge in [-0.15, -0.1) is 5.46 Å². The highest BCUT2D eigenvalue weighted by molar-refractivity contribution is 6.69. The van der Waals surface area contributed by atoms with Crippen LogP contribution in [0.1, 0.15) is 0 Å². The molecule has 0 aliphatic heterocycles. The third kappa shape index (κ3) is 6.05. The summed E-state index contributed by atoms with van der Waals surface area (Å²) in [5.41, 5.74) is 27.7. The molecule has 3 aromatic heterocycles. The van der Waals surface area contributed by atoms with E-state index in [9.17, 15) is 0 Å². The molecule has 0 N–H and O–H groups in total. The zero-order chi connectivity index (χ0) is 47.5. The Morgan fingerprint density at radius 2 is 0.814 bits per heavy atom. The number of fused-ring (bicyclic) bond motifs is 9. The van der Waals surface area contributed by atoms with Crippen LogP contribution < -0.4 is 38.2 Å². The molecule has 0 amide bonds. The van der Waals surface area contributed by atoms with Gasteiger partial charge >= 0.3 is 0 Å². The topological polar surface area (TPSA) is 14.8 Å². The molecule has 0 unspecified atom stereocenters. The van der Waals surface area contributed by atoms with Gasteiger partial charge in [0.25, 0.3) is 0 Å². The van der Waals surface area contributed by atoms with E-state index in [-0.39, 0.29) is 0 Å². The predicted molar refractivity (Wildman–Crippen MR) is 323 cm³/mol. The van der Waals surface area contributed by atoms with Gasteiger partial charge in [0.05, 0.1) is 27.8 Å². The largest absolute Gasteiger partial charge is 0.310 e. The van der Waals surface area contributed by atoms with Crippen LogP contribution in [0.3, 0.4) is 0 Å². The van der Waals surface area contributed by atoms with Crippen LogP contribution in [0.5, 0.6) is 0 Å². The van der Waals surface area contributed by atoms with Crippen LogP contribution in [0.2, 0.25) is 0 Å². The first-order chi connectivity index (χ1) is 34.2. The molecule has 3 nitrogen and oxygen atoms in total. The highest BCUT2D eigenvalue weighted by atomic mass is 15.0. The quantitative estimate of drug-likeness (QED) is 0.226. The molecule has 70 heavy (non-hydrogen) atoms. The molecule has 0 bridgehead atoms. The maximum Gasteiger partial charge on any atom is 0.141 e. The lowest BCUT2D eigenvalue weighted by Gasteiger charge is -2.19. The molecule has 0 radical (unpaired) electrons. The fraction of sp³-hybridized carbons (Fsp3) is 0. The number of benzene rings is 10. The molecule has 10 aromatic carbocycles. The first-order valence-corrected chi connectivity index (χ1v) is 24.6. The fourth-order valence-corrected chi connectivity index (χ4v) is 12.2. The molecule has 13 aromatic rings. The first kappa shape index (κ1) is 42.2. The minimum Gasteiger partial charge on any atom is -0.310 e. The minimum absolute atomic E-state index is 1.16. The second-order valence-corrected chi connectivity index (χ2v) is 19.4. The Kier molecular flexibility index (Phi) is 9.68. The molecule has 0 aliphatic carbocycles. The molecular formula is C60H46B7N3. The van der Waals surface area contributed by atoms with Gasteiger partial charge in [-0.3, -0.25) is 0 Å². The van der Waals surface area contributed by atoms with E-state index in [1.165, 1.54) is 148 Å². The Morgan fingerprint density at radius 3 is 1.56 bits per heavy atom. The lowest BCUT2D eigenvalue weighted by atomic mass is 9.64. The lowest BCUT2D eigenvalue weighted by Crippen LogP contribution is -2.48. The van der Waals surface area contributed by atoms with Gasteiger partial charge in [0.1, 0.15) is 54.9 Å². The standard InChI is InChI=1S/C60H46B7N3/c61-52-48(35-27-29-46-42(31-35)49-39(34-17-6-2-7-18-34)23-14-26-47(49)68(46)36-19-8-3-9-20-36)53(62)57(66)59-50(52)51-54(63)55(64)56(65)58(67)60(51)69(59)37-28-30-45-41(32-37)40-22-11-13-25-44(40)70(45)43-24-12-10-21-38(43)33-15-4-1-5-16-33/h1-32H,61-67H2. The first-order valence-electron chi connectivity index (χ1n) is 24.6. The summed E-state index contributed by atoms with van der Waals surface area (Å²) in [6, 6.07) is 71.4. The average Bonchev–Trinajstić information content (AvgIpc) is 4.06. The normalized spacial score (nSPS) is 11.8. The van der Waals surface area contributed by atoms with Gasteiger partial charge in [0.2, 0.25) is 0 Å². The van der Waals surface area contributed by atoms with E-state index >= 15 is 0 Å². The van der Waals surface area contributed by atoms with Gasteiger partial charge in [-0.2, -0.15) is 0 Å². The molecule has 3 heterocycles. The third-order valence-corrected chi connectivity index (χ3v) is 16.0. The minimum atomic E-state index is 1.16. The van der Waals surface area contributed by atoms with E-state index in [0.717, 1.165) is 5.69 Å².